The van der Waals surface area contributed by atoms with Gasteiger partial charge in [-0.1, -0.05) is 20.8 Å². The lowest BCUT2D eigenvalue weighted by molar-refractivity contribution is 0.0311. The minimum absolute atomic E-state index is 0.262. The van der Waals surface area contributed by atoms with E-state index in [1.165, 1.54) is 25.7 Å². The van der Waals surface area contributed by atoms with Gasteiger partial charge in [0.25, 0.3) is 0 Å². The van der Waals surface area contributed by atoms with Crippen molar-refractivity contribution in [3.05, 3.63) is 0 Å². The first kappa shape index (κ1) is 13.3. The Morgan fingerprint density at radius 3 is 2.13 bits per heavy atom. The average molecular weight is 233 g/mol. The molecule has 0 aromatic carbocycles. The van der Waals surface area contributed by atoms with Gasteiger partial charge in [0, 0.05) is 18.4 Å². The van der Waals surface area contributed by atoms with Crippen molar-refractivity contribution < 1.29 is 4.74 Å². The Balaban J connectivity index is 2.53. The highest BCUT2D eigenvalue weighted by atomic mass is 35.5. The number of rotatable bonds is 3. The molecule has 2 heteroatoms. The molecule has 0 unspecified atom stereocenters. The molecule has 0 amide bonds. The molecule has 0 saturated heterocycles. The van der Waals surface area contributed by atoms with E-state index in [-0.39, 0.29) is 5.41 Å². The first-order valence-corrected chi connectivity index (χ1v) is 6.52. The Kier molecular flexibility index (Phi) is 4.49. The Hall–Kier alpha value is 0.250. The van der Waals surface area contributed by atoms with Gasteiger partial charge in [-0.15, -0.1) is 11.6 Å². The zero-order valence-corrected chi connectivity index (χ0v) is 11.4. The summed E-state index contributed by atoms with van der Waals surface area (Å²) in [6, 6.07) is 0. The van der Waals surface area contributed by atoms with Gasteiger partial charge in [-0.3, -0.25) is 0 Å². The van der Waals surface area contributed by atoms with Gasteiger partial charge in [0.15, 0.2) is 0 Å². The fourth-order valence-electron chi connectivity index (χ4n) is 2.72. The van der Waals surface area contributed by atoms with Crippen LogP contribution in [0.4, 0.5) is 0 Å². The predicted molar refractivity (Wildman–Crippen MR) is 66.4 cm³/mol. The van der Waals surface area contributed by atoms with Crippen molar-refractivity contribution in [2.45, 2.75) is 46.5 Å². The van der Waals surface area contributed by atoms with E-state index in [2.05, 4.69) is 20.8 Å². The van der Waals surface area contributed by atoms with Gasteiger partial charge in [0.1, 0.15) is 0 Å². The molecule has 1 aliphatic carbocycles. The van der Waals surface area contributed by atoms with Crippen molar-refractivity contribution in [2.75, 3.05) is 19.6 Å². The van der Waals surface area contributed by atoms with Gasteiger partial charge in [-0.2, -0.15) is 0 Å². The van der Waals surface area contributed by atoms with Crippen molar-refractivity contribution >= 4 is 11.6 Å². The summed E-state index contributed by atoms with van der Waals surface area (Å²) in [5.74, 6) is 1.60. The van der Waals surface area contributed by atoms with Crippen molar-refractivity contribution in [3.63, 3.8) is 0 Å². The molecule has 15 heavy (non-hydrogen) atoms. The van der Waals surface area contributed by atoms with Crippen LogP contribution in [0, 0.1) is 16.7 Å². The molecule has 0 N–H and O–H groups in total. The average Bonchev–Trinajstić information content (AvgIpc) is 2.17. The molecule has 0 radical (unpaired) electrons. The maximum atomic E-state index is 6.10. The molecule has 0 bridgehead atoms. The summed E-state index contributed by atoms with van der Waals surface area (Å²) in [7, 11) is 1.78. The Bertz CT molecular complexity index is 187. The van der Waals surface area contributed by atoms with Crippen molar-refractivity contribution in [2.24, 2.45) is 16.7 Å². The quantitative estimate of drug-likeness (QED) is 0.666. The molecular weight excluding hydrogens is 208 g/mol. The zero-order chi connectivity index (χ0) is 11.5. The van der Waals surface area contributed by atoms with Gasteiger partial charge in [-0.05, 0) is 37.0 Å². The van der Waals surface area contributed by atoms with Gasteiger partial charge >= 0.3 is 0 Å². The highest BCUT2D eigenvalue weighted by Gasteiger charge is 2.38. The standard InChI is InChI=1S/C13H25ClO/c1-12(2,3)11-5-7-13(9-14,8-6-11)10-15-4/h11H,5-10H2,1-4H3. The van der Waals surface area contributed by atoms with Crippen molar-refractivity contribution in [3.8, 4) is 0 Å². The lowest BCUT2D eigenvalue weighted by Crippen LogP contribution is -2.36. The van der Waals surface area contributed by atoms with E-state index >= 15 is 0 Å². The smallest absolute Gasteiger partial charge is 0.0530 e. The summed E-state index contributed by atoms with van der Waals surface area (Å²) in [5, 5.41) is 0. The van der Waals surface area contributed by atoms with E-state index in [0.29, 0.717) is 5.41 Å². The van der Waals surface area contributed by atoms with Gasteiger partial charge < -0.3 is 4.74 Å². The SMILES string of the molecule is COCC1(CCl)CCC(C(C)(C)C)CC1. The summed E-state index contributed by atoms with van der Waals surface area (Å²) < 4.78 is 5.31. The molecule has 1 fully saturated rings. The second kappa shape index (κ2) is 5.05. The Morgan fingerprint density at radius 2 is 1.80 bits per heavy atom. The Labute approximate surface area is 99.5 Å². The number of hydrogen-bond donors (Lipinski definition) is 0. The van der Waals surface area contributed by atoms with Crippen molar-refractivity contribution in [1.29, 1.82) is 0 Å². The molecule has 0 aliphatic heterocycles. The Morgan fingerprint density at radius 1 is 1.27 bits per heavy atom. The van der Waals surface area contributed by atoms with Gasteiger partial charge in [-0.25, -0.2) is 0 Å². The normalized spacial score (nSPS) is 33.0. The fourth-order valence-corrected chi connectivity index (χ4v) is 3.06. The van der Waals surface area contributed by atoms with Crippen LogP contribution < -0.4 is 0 Å². The minimum atomic E-state index is 0.262. The molecule has 1 rings (SSSR count). The van der Waals surface area contributed by atoms with Crippen LogP contribution in [-0.2, 0) is 4.74 Å². The van der Waals surface area contributed by atoms with E-state index in [1.54, 1.807) is 7.11 Å². The summed E-state index contributed by atoms with van der Waals surface area (Å²) in [5.41, 5.74) is 0.712. The van der Waals surface area contributed by atoms with Crippen LogP contribution in [0.1, 0.15) is 46.5 Å². The molecule has 0 atom stereocenters. The zero-order valence-electron chi connectivity index (χ0n) is 10.6. The van der Waals surface area contributed by atoms with Crippen LogP contribution in [0.25, 0.3) is 0 Å². The molecule has 1 nitrogen and oxygen atoms in total. The second-order valence-electron chi connectivity index (χ2n) is 6.21. The van der Waals surface area contributed by atoms with Crippen LogP contribution in [0.5, 0.6) is 0 Å². The number of halogens is 1. The van der Waals surface area contributed by atoms with E-state index in [9.17, 15) is 0 Å². The van der Waals surface area contributed by atoms with Crippen LogP contribution in [-0.4, -0.2) is 19.6 Å². The molecule has 1 saturated carbocycles. The number of methoxy groups -OCH3 is 1. The lowest BCUT2D eigenvalue weighted by Gasteiger charge is -2.43. The monoisotopic (exact) mass is 232 g/mol. The van der Waals surface area contributed by atoms with Crippen LogP contribution in [0.3, 0.4) is 0 Å². The van der Waals surface area contributed by atoms with E-state index < -0.39 is 0 Å². The topological polar surface area (TPSA) is 9.23 Å². The molecular formula is C13H25ClO. The molecule has 0 heterocycles. The summed E-state index contributed by atoms with van der Waals surface area (Å²) in [6.45, 7) is 7.87. The fraction of sp³-hybridized carbons (Fsp3) is 1.00. The number of hydrogen-bond acceptors (Lipinski definition) is 1. The van der Waals surface area contributed by atoms with Crippen molar-refractivity contribution in [1.82, 2.24) is 0 Å². The highest BCUT2D eigenvalue weighted by Crippen LogP contribution is 2.45. The third-order valence-electron chi connectivity index (χ3n) is 4.01. The molecule has 90 valence electrons. The third kappa shape index (κ3) is 3.35. The first-order chi connectivity index (χ1) is 6.93. The number of ether oxygens (including phenoxy) is 1. The predicted octanol–water partition coefficient (Wildman–Crippen LogP) is 4.09. The number of alkyl halides is 1. The maximum absolute atomic E-state index is 6.10. The highest BCUT2D eigenvalue weighted by molar-refractivity contribution is 6.18. The second-order valence-corrected chi connectivity index (χ2v) is 6.47. The van der Waals surface area contributed by atoms with Gasteiger partial charge in [0.05, 0.1) is 6.61 Å². The van der Waals surface area contributed by atoms with E-state index in [4.69, 9.17) is 16.3 Å². The molecule has 1 aliphatic rings. The summed E-state index contributed by atoms with van der Waals surface area (Å²) in [6.07, 6.45) is 5.07. The summed E-state index contributed by atoms with van der Waals surface area (Å²) >= 11 is 6.10. The lowest BCUT2D eigenvalue weighted by atomic mass is 9.65. The van der Waals surface area contributed by atoms with E-state index in [0.717, 1.165) is 18.4 Å². The van der Waals surface area contributed by atoms with Gasteiger partial charge in [0.2, 0.25) is 0 Å². The summed E-state index contributed by atoms with van der Waals surface area (Å²) in [4.78, 5) is 0. The van der Waals surface area contributed by atoms with E-state index in [1.807, 2.05) is 0 Å². The largest absolute Gasteiger partial charge is 0.384 e. The molecule has 0 aromatic rings. The van der Waals surface area contributed by atoms with Crippen LogP contribution in [0.15, 0.2) is 0 Å². The van der Waals surface area contributed by atoms with Crippen LogP contribution in [0.2, 0.25) is 0 Å². The first-order valence-electron chi connectivity index (χ1n) is 5.98. The third-order valence-corrected chi connectivity index (χ3v) is 4.57. The molecule has 0 spiro atoms. The maximum Gasteiger partial charge on any atom is 0.0530 e. The van der Waals surface area contributed by atoms with Crippen LogP contribution >= 0.6 is 11.6 Å². The minimum Gasteiger partial charge on any atom is -0.384 e. The molecule has 0 aromatic heterocycles.